The largest absolute Gasteiger partial charge is 0.364 e. The number of nitrogens with zero attached hydrogens (tertiary/aromatic N) is 2. The molecule has 5 nitrogen and oxygen atoms in total. The first-order valence-corrected chi connectivity index (χ1v) is 9.54. The number of anilines is 1. The van der Waals surface area contributed by atoms with Gasteiger partial charge in [-0.15, -0.1) is 0 Å². The molecule has 5 heteroatoms. The van der Waals surface area contributed by atoms with E-state index in [-0.39, 0.29) is 5.91 Å². The van der Waals surface area contributed by atoms with Crippen molar-refractivity contribution in [2.45, 2.75) is 40.7 Å². The number of hydrogen-bond acceptors (Lipinski definition) is 3. The third-order valence-electron chi connectivity index (χ3n) is 5.74. The predicted molar refractivity (Wildman–Crippen MR) is 109 cm³/mol. The van der Waals surface area contributed by atoms with Crippen molar-refractivity contribution in [3.8, 4) is 0 Å². The van der Waals surface area contributed by atoms with Crippen molar-refractivity contribution in [3.63, 3.8) is 0 Å². The molecule has 0 aliphatic carbocycles. The highest BCUT2D eigenvalue weighted by Crippen LogP contribution is 2.29. The Labute approximate surface area is 159 Å². The highest BCUT2D eigenvalue weighted by atomic mass is 16.2. The van der Waals surface area contributed by atoms with Gasteiger partial charge in [0.1, 0.15) is 5.69 Å². The molecule has 2 aromatic heterocycles. The Hall–Kier alpha value is -2.82. The number of rotatable bonds is 4. The lowest BCUT2D eigenvalue weighted by atomic mass is 10.0. The summed E-state index contributed by atoms with van der Waals surface area (Å²) in [7, 11) is 0. The number of carbonyl (C=O) groups excluding carboxylic acids is 1. The maximum atomic E-state index is 12.7. The van der Waals surface area contributed by atoms with Crippen LogP contribution in [-0.4, -0.2) is 33.9 Å². The highest BCUT2D eigenvalue weighted by Gasteiger charge is 2.24. The molecule has 4 rings (SSSR count). The topological polar surface area (TPSA) is 61.0 Å². The van der Waals surface area contributed by atoms with E-state index in [2.05, 4.69) is 56.2 Å². The summed E-state index contributed by atoms with van der Waals surface area (Å²) in [4.78, 5) is 22.7. The maximum absolute atomic E-state index is 12.7. The van der Waals surface area contributed by atoms with E-state index in [1.54, 1.807) is 0 Å². The number of benzene rings is 1. The summed E-state index contributed by atoms with van der Waals surface area (Å²) in [5.74, 6) is 0.770. The molecule has 140 valence electrons. The van der Waals surface area contributed by atoms with Crippen molar-refractivity contribution in [1.82, 2.24) is 14.9 Å². The Kier molecular flexibility index (Phi) is 4.38. The van der Waals surface area contributed by atoms with Gasteiger partial charge in [0.05, 0.1) is 5.52 Å². The fourth-order valence-electron chi connectivity index (χ4n) is 3.67. The van der Waals surface area contributed by atoms with Gasteiger partial charge in [-0.3, -0.25) is 4.79 Å². The van der Waals surface area contributed by atoms with Crippen molar-refractivity contribution in [2.24, 2.45) is 0 Å². The van der Waals surface area contributed by atoms with Crippen LogP contribution in [0.1, 0.15) is 44.9 Å². The standard InChI is InChI=1S/C22H26N4O/c1-13-7-5-8-14(2)18(13)12-23-21-20-17(15(3)16(4)24-20)11-19(25-21)22(27)26-9-6-10-26/h5,7-8,11,24H,6,9-10,12H2,1-4H3,(H,23,25). The van der Waals surface area contributed by atoms with E-state index in [1.807, 2.05) is 11.0 Å². The lowest BCUT2D eigenvalue weighted by molar-refractivity contribution is 0.0646. The van der Waals surface area contributed by atoms with Crippen LogP contribution < -0.4 is 5.32 Å². The second kappa shape index (κ2) is 6.72. The number of likely N-dealkylation sites (tertiary alicyclic amines) is 1. The zero-order valence-corrected chi connectivity index (χ0v) is 16.4. The van der Waals surface area contributed by atoms with Gasteiger partial charge in [0.15, 0.2) is 5.82 Å². The van der Waals surface area contributed by atoms with E-state index in [0.717, 1.165) is 41.9 Å². The van der Waals surface area contributed by atoms with Gasteiger partial charge in [0.25, 0.3) is 5.91 Å². The van der Waals surface area contributed by atoms with Crippen LogP contribution >= 0.6 is 0 Å². The third-order valence-corrected chi connectivity index (χ3v) is 5.74. The predicted octanol–water partition coefficient (Wildman–Crippen LogP) is 4.25. The van der Waals surface area contributed by atoms with E-state index in [0.29, 0.717) is 12.2 Å². The second-order valence-electron chi connectivity index (χ2n) is 7.52. The third kappa shape index (κ3) is 3.07. The Morgan fingerprint density at radius 1 is 1.19 bits per heavy atom. The van der Waals surface area contributed by atoms with E-state index >= 15 is 0 Å². The van der Waals surface area contributed by atoms with Crippen LogP contribution in [-0.2, 0) is 6.54 Å². The summed E-state index contributed by atoms with van der Waals surface area (Å²) in [6, 6.07) is 8.26. The zero-order valence-electron chi connectivity index (χ0n) is 16.4. The van der Waals surface area contributed by atoms with Gasteiger partial charge in [-0.1, -0.05) is 18.2 Å². The van der Waals surface area contributed by atoms with Crippen LogP contribution in [0.5, 0.6) is 0 Å². The number of pyridine rings is 1. The van der Waals surface area contributed by atoms with Gasteiger partial charge < -0.3 is 15.2 Å². The molecule has 0 bridgehead atoms. The molecule has 1 saturated heterocycles. The molecular weight excluding hydrogens is 336 g/mol. The first kappa shape index (κ1) is 17.6. The van der Waals surface area contributed by atoms with Crippen LogP contribution in [0.2, 0.25) is 0 Å². The van der Waals surface area contributed by atoms with Crippen LogP contribution in [0.15, 0.2) is 24.3 Å². The van der Waals surface area contributed by atoms with Crippen molar-refractivity contribution in [2.75, 3.05) is 18.4 Å². The number of hydrogen-bond donors (Lipinski definition) is 2. The number of fused-ring (bicyclic) bond motifs is 1. The minimum atomic E-state index is 0.0246. The van der Waals surface area contributed by atoms with Gasteiger partial charge in [0, 0.05) is 30.7 Å². The van der Waals surface area contributed by atoms with Gasteiger partial charge >= 0.3 is 0 Å². The SMILES string of the molecule is Cc1cccc(C)c1CNc1nc(C(=O)N2CCC2)cc2c(C)c(C)[nH]c12. The molecule has 0 unspecified atom stereocenters. The molecule has 0 atom stereocenters. The lowest BCUT2D eigenvalue weighted by Gasteiger charge is -2.30. The van der Waals surface area contributed by atoms with Crippen LogP contribution in [0.25, 0.3) is 10.9 Å². The summed E-state index contributed by atoms with van der Waals surface area (Å²) in [5, 5.41) is 4.55. The monoisotopic (exact) mass is 362 g/mol. The molecule has 1 amide bonds. The molecular formula is C22H26N4O. The molecule has 1 aliphatic heterocycles. The summed E-state index contributed by atoms with van der Waals surface area (Å²) in [5.41, 5.74) is 7.54. The molecule has 2 N–H and O–H groups in total. The number of H-pyrrole nitrogens is 1. The fraction of sp³-hybridized carbons (Fsp3) is 0.364. The lowest BCUT2D eigenvalue weighted by Crippen LogP contribution is -2.42. The number of aromatic nitrogens is 2. The highest BCUT2D eigenvalue weighted by molar-refractivity contribution is 6.00. The molecule has 1 aliphatic rings. The Bertz CT molecular complexity index is 1010. The summed E-state index contributed by atoms with van der Waals surface area (Å²) < 4.78 is 0. The Morgan fingerprint density at radius 3 is 2.52 bits per heavy atom. The molecule has 0 spiro atoms. The Morgan fingerprint density at radius 2 is 1.89 bits per heavy atom. The molecule has 0 saturated carbocycles. The van der Waals surface area contributed by atoms with Crippen LogP contribution in [0.4, 0.5) is 5.82 Å². The van der Waals surface area contributed by atoms with Crippen molar-refractivity contribution in [1.29, 1.82) is 0 Å². The smallest absolute Gasteiger partial charge is 0.272 e. The molecule has 0 radical (unpaired) electrons. The summed E-state index contributed by atoms with van der Waals surface area (Å²) >= 11 is 0. The zero-order chi connectivity index (χ0) is 19.1. The molecule has 27 heavy (non-hydrogen) atoms. The van der Waals surface area contributed by atoms with E-state index in [9.17, 15) is 4.79 Å². The fourth-order valence-corrected chi connectivity index (χ4v) is 3.67. The van der Waals surface area contributed by atoms with Crippen molar-refractivity contribution in [3.05, 3.63) is 57.9 Å². The van der Waals surface area contributed by atoms with Gasteiger partial charge in [-0.05, 0) is 62.4 Å². The van der Waals surface area contributed by atoms with E-state index < -0.39 is 0 Å². The number of amides is 1. The molecule has 3 heterocycles. The van der Waals surface area contributed by atoms with Crippen molar-refractivity contribution >= 4 is 22.6 Å². The quantitative estimate of drug-likeness (QED) is 0.729. The average molecular weight is 362 g/mol. The first-order chi connectivity index (χ1) is 13.0. The van der Waals surface area contributed by atoms with E-state index in [1.165, 1.54) is 22.3 Å². The van der Waals surface area contributed by atoms with Crippen molar-refractivity contribution < 1.29 is 4.79 Å². The molecule has 3 aromatic rings. The number of aryl methyl sites for hydroxylation is 4. The molecule has 1 aromatic carbocycles. The summed E-state index contributed by atoms with van der Waals surface area (Å²) in [6.45, 7) is 10.7. The van der Waals surface area contributed by atoms with Gasteiger partial charge in [-0.25, -0.2) is 4.98 Å². The van der Waals surface area contributed by atoms with Crippen LogP contribution in [0.3, 0.4) is 0 Å². The average Bonchev–Trinajstić information content (AvgIpc) is 2.87. The minimum Gasteiger partial charge on any atom is -0.364 e. The van der Waals surface area contributed by atoms with E-state index in [4.69, 9.17) is 4.98 Å². The number of nitrogens with one attached hydrogen (secondary N) is 2. The first-order valence-electron chi connectivity index (χ1n) is 9.54. The van der Waals surface area contributed by atoms with Gasteiger partial charge in [0.2, 0.25) is 0 Å². The van der Waals surface area contributed by atoms with Crippen LogP contribution in [0, 0.1) is 27.7 Å². The number of carbonyl (C=O) groups is 1. The summed E-state index contributed by atoms with van der Waals surface area (Å²) in [6.07, 6.45) is 1.08. The Balaban J connectivity index is 1.74. The van der Waals surface area contributed by atoms with Gasteiger partial charge in [-0.2, -0.15) is 0 Å². The normalized spacial score (nSPS) is 13.7. The number of aromatic amines is 1. The molecule has 1 fully saturated rings. The maximum Gasteiger partial charge on any atom is 0.272 e. The minimum absolute atomic E-state index is 0.0246. The second-order valence-corrected chi connectivity index (χ2v) is 7.52.